The Morgan fingerprint density at radius 1 is 1.08 bits per heavy atom. The van der Waals surface area contributed by atoms with Crippen LogP contribution in [0.15, 0.2) is 29.3 Å². The Bertz CT molecular complexity index is 481. The van der Waals surface area contributed by atoms with Crippen molar-refractivity contribution in [2.24, 2.45) is 10.9 Å². The number of ether oxygens (including phenoxy) is 3. The van der Waals surface area contributed by atoms with Crippen LogP contribution in [-0.2, 0) is 16.0 Å². The minimum absolute atomic E-state index is 0. The summed E-state index contributed by atoms with van der Waals surface area (Å²) in [6.07, 6.45) is 0.959. The van der Waals surface area contributed by atoms with E-state index in [1.165, 1.54) is 5.56 Å². The van der Waals surface area contributed by atoms with Gasteiger partial charge in [0.2, 0.25) is 0 Å². The molecule has 0 radical (unpaired) electrons. The normalized spacial score (nSPS) is 11.2. The number of nitrogens with one attached hydrogen (secondary N) is 2. The van der Waals surface area contributed by atoms with Gasteiger partial charge in [-0.15, -0.1) is 24.0 Å². The zero-order chi connectivity index (χ0) is 18.3. The maximum absolute atomic E-state index is 5.57. The summed E-state index contributed by atoms with van der Waals surface area (Å²) in [4.78, 5) is 4.23. The van der Waals surface area contributed by atoms with Crippen molar-refractivity contribution in [3.05, 3.63) is 29.8 Å². The molecule has 0 atom stereocenters. The predicted octanol–water partition coefficient (Wildman–Crippen LogP) is 3.06. The largest absolute Gasteiger partial charge is 0.491 e. The lowest BCUT2D eigenvalue weighted by molar-refractivity contribution is 0.108. The molecule has 0 aliphatic carbocycles. The minimum Gasteiger partial charge on any atom is -0.491 e. The van der Waals surface area contributed by atoms with Crippen LogP contribution in [-0.4, -0.2) is 53.1 Å². The molecule has 0 aliphatic rings. The van der Waals surface area contributed by atoms with E-state index in [1.807, 2.05) is 24.3 Å². The Balaban J connectivity index is 0.00000625. The summed E-state index contributed by atoms with van der Waals surface area (Å²) < 4.78 is 16.1. The lowest BCUT2D eigenvalue weighted by Crippen LogP contribution is -2.37. The molecule has 0 unspecified atom stereocenters. The Morgan fingerprint density at radius 2 is 1.81 bits per heavy atom. The van der Waals surface area contributed by atoms with Crippen molar-refractivity contribution in [3.8, 4) is 5.75 Å². The van der Waals surface area contributed by atoms with E-state index >= 15 is 0 Å². The van der Waals surface area contributed by atoms with Gasteiger partial charge in [-0.25, -0.2) is 0 Å². The SMILES string of the molecule is CN=C(NCCCOCC(C)C)NCc1ccc(OCCOC)cc1.I. The van der Waals surface area contributed by atoms with Gasteiger partial charge in [0, 0.05) is 40.5 Å². The summed E-state index contributed by atoms with van der Waals surface area (Å²) in [7, 11) is 3.44. The Morgan fingerprint density at radius 3 is 2.42 bits per heavy atom. The Kier molecular flexibility index (Phi) is 15.5. The molecule has 0 spiro atoms. The van der Waals surface area contributed by atoms with Crippen LogP contribution in [0.1, 0.15) is 25.8 Å². The molecule has 2 N–H and O–H groups in total. The number of benzene rings is 1. The van der Waals surface area contributed by atoms with Crippen LogP contribution in [0, 0.1) is 5.92 Å². The van der Waals surface area contributed by atoms with E-state index in [0.29, 0.717) is 25.7 Å². The Hall–Kier alpha value is -1.06. The molecule has 1 aromatic rings. The van der Waals surface area contributed by atoms with Gasteiger partial charge in [-0.3, -0.25) is 4.99 Å². The molecule has 0 amide bonds. The number of hydrogen-bond donors (Lipinski definition) is 2. The number of halogens is 1. The summed E-state index contributed by atoms with van der Waals surface area (Å²) in [5, 5.41) is 6.60. The van der Waals surface area contributed by atoms with Crippen molar-refractivity contribution in [3.63, 3.8) is 0 Å². The number of guanidine groups is 1. The van der Waals surface area contributed by atoms with E-state index in [4.69, 9.17) is 14.2 Å². The number of methoxy groups -OCH3 is 1. The molecule has 0 heterocycles. The van der Waals surface area contributed by atoms with Gasteiger partial charge in [-0.05, 0) is 30.0 Å². The molecular formula is C19H34IN3O3. The molecule has 0 aromatic heterocycles. The highest BCUT2D eigenvalue weighted by Crippen LogP contribution is 2.11. The molecular weight excluding hydrogens is 445 g/mol. The van der Waals surface area contributed by atoms with Crippen molar-refractivity contribution >= 4 is 29.9 Å². The summed E-state index contributed by atoms with van der Waals surface area (Å²) in [6, 6.07) is 8.02. The highest BCUT2D eigenvalue weighted by Gasteiger charge is 2.00. The maximum Gasteiger partial charge on any atom is 0.191 e. The summed E-state index contributed by atoms with van der Waals surface area (Å²) in [5.41, 5.74) is 1.17. The number of nitrogens with zero attached hydrogens (tertiary/aromatic N) is 1. The van der Waals surface area contributed by atoms with E-state index in [1.54, 1.807) is 14.2 Å². The first-order valence-electron chi connectivity index (χ1n) is 8.88. The van der Waals surface area contributed by atoms with Gasteiger partial charge in [-0.2, -0.15) is 0 Å². The second kappa shape index (κ2) is 16.1. The van der Waals surface area contributed by atoms with E-state index in [-0.39, 0.29) is 24.0 Å². The van der Waals surface area contributed by atoms with Crippen LogP contribution < -0.4 is 15.4 Å². The van der Waals surface area contributed by atoms with Crippen molar-refractivity contribution in [1.29, 1.82) is 0 Å². The Labute approximate surface area is 175 Å². The fourth-order valence-corrected chi connectivity index (χ4v) is 2.05. The predicted molar refractivity (Wildman–Crippen MR) is 118 cm³/mol. The van der Waals surface area contributed by atoms with Crippen LogP contribution >= 0.6 is 24.0 Å². The van der Waals surface area contributed by atoms with Gasteiger partial charge in [0.05, 0.1) is 6.61 Å². The minimum atomic E-state index is 0. The maximum atomic E-state index is 5.57. The smallest absolute Gasteiger partial charge is 0.191 e. The van der Waals surface area contributed by atoms with E-state index in [0.717, 1.165) is 37.9 Å². The number of aliphatic imine (C=N–C) groups is 1. The topological polar surface area (TPSA) is 64.1 Å². The van der Waals surface area contributed by atoms with Crippen molar-refractivity contribution in [2.75, 3.05) is 47.1 Å². The average molecular weight is 479 g/mol. The molecule has 150 valence electrons. The highest BCUT2D eigenvalue weighted by atomic mass is 127. The van der Waals surface area contributed by atoms with Gasteiger partial charge >= 0.3 is 0 Å². The molecule has 26 heavy (non-hydrogen) atoms. The molecule has 1 rings (SSSR count). The zero-order valence-electron chi connectivity index (χ0n) is 16.4. The third-order valence-electron chi connectivity index (χ3n) is 3.37. The fraction of sp³-hybridized carbons (Fsp3) is 0.632. The third-order valence-corrected chi connectivity index (χ3v) is 3.37. The van der Waals surface area contributed by atoms with E-state index in [9.17, 15) is 0 Å². The number of hydrogen-bond acceptors (Lipinski definition) is 4. The lowest BCUT2D eigenvalue weighted by atomic mass is 10.2. The molecule has 0 saturated heterocycles. The average Bonchev–Trinajstić information content (AvgIpc) is 2.61. The standard InChI is InChI=1S/C19H33N3O3.HI/c1-16(2)15-24-11-5-10-21-19(20-3)22-14-17-6-8-18(9-7-17)25-13-12-23-4;/h6-9,16H,5,10-15H2,1-4H3,(H2,20,21,22);1H. The van der Waals surface area contributed by atoms with Gasteiger partial charge in [0.1, 0.15) is 12.4 Å². The number of rotatable bonds is 12. The lowest BCUT2D eigenvalue weighted by Gasteiger charge is -2.13. The quantitative estimate of drug-likeness (QED) is 0.209. The van der Waals surface area contributed by atoms with Crippen molar-refractivity contribution in [1.82, 2.24) is 10.6 Å². The van der Waals surface area contributed by atoms with Gasteiger partial charge < -0.3 is 24.8 Å². The first kappa shape index (κ1) is 24.9. The monoisotopic (exact) mass is 479 g/mol. The summed E-state index contributed by atoms with van der Waals surface area (Å²) >= 11 is 0. The van der Waals surface area contributed by atoms with Crippen LogP contribution in [0.3, 0.4) is 0 Å². The van der Waals surface area contributed by atoms with Crippen molar-refractivity contribution < 1.29 is 14.2 Å². The van der Waals surface area contributed by atoms with Gasteiger partial charge in [-0.1, -0.05) is 26.0 Å². The molecule has 1 aromatic carbocycles. The molecule has 0 bridgehead atoms. The molecule has 0 saturated carbocycles. The van der Waals surface area contributed by atoms with Gasteiger partial charge in [0.15, 0.2) is 5.96 Å². The zero-order valence-corrected chi connectivity index (χ0v) is 18.7. The van der Waals surface area contributed by atoms with Crippen LogP contribution in [0.25, 0.3) is 0 Å². The van der Waals surface area contributed by atoms with Crippen LogP contribution in [0.5, 0.6) is 5.75 Å². The van der Waals surface area contributed by atoms with E-state index < -0.39 is 0 Å². The van der Waals surface area contributed by atoms with Crippen LogP contribution in [0.2, 0.25) is 0 Å². The fourth-order valence-electron chi connectivity index (χ4n) is 2.05. The molecule has 6 nitrogen and oxygen atoms in total. The third kappa shape index (κ3) is 12.3. The first-order chi connectivity index (χ1) is 12.2. The van der Waals surface area contributed by atoms with Crippen LogP contribution in [0.4, 0.5) is 0 Å². The van der Waals surface area contributed by atoms with E-state index in [2.05, 4.69) is 29.5 Å². The van der Waals surface area contributed by atoms with Crippen molar-refractivity contribution in [2.45, 2.75) is 26.8 Å². The second-order valence-corrected chi connectivity index (χ2v) is 6.16. The highest BCUT2D eigenvalue weighted by molar-refractivity contribution is 14.0. The molecule has 0 fully saturated rings. The second-order valence-electron chi connectivity index (χ2n) is 6.16. The molecule has 7 heteroatoms. The van der Waals surface area contributed by atoms with Gasteiger partial charge in [0.25, 0.3) is 0 Å². The molecule has 0 aliphatic heterocycles. The summed E-state index contributed by atoms with van der Waals surface area (Å²) in [5.74, 6) is 2.23. The summed E-state index contributed by atoms with van der Waals surface area (Å²) in [6.45, 7) is 8.60. The first-order valence-corrected chi connectivity index (χ1v) is 8.88.